The molecule has 4 rings (SSSR count). The summed E-state index contributed by atoms with van der Waals surface area (Å²) < 4.78 is 23.7. The Kier molecular flexibility index (Phi) is 8.49. The molecule has 0 spiro atoms. The zero-order chi connectivity index (χ0) is 24.6. The van der Waals surface area contributed by atoms with E-state index in [2.05, 4.69) is 15.5 Å². The molecule has 2 heterocycles. The largest absolute Gasteiger partial charge is 0.493 e. The van der Waals surface area contributed by atoms with Gasteiger partial charge in [-0.1, -0.05) is 30.0 Å². The molecule has 1 unspecified atom stereocenters. The summed E-state index contributed by atoms with van der Waals surface area (Å²) in [5.74, 6) is 2.95. The van der Waals surface area contributed by atoms with Crippen LogP contribution in [-0.4, -0.2) is 61.0 Å². The highest BCUT2D eigenvalue weighted by atomic mass is 32.2. The number of benzene rings is 2. The molecule has 3 aromatic rings. The lowest BCUT2D eigenvalue weighted by molar-refractivity contribution is -0.119. The van der Waals surface area contributed by atoms with Gasteiger partial charge in [0, 0.05) is 37.8 Å². The maximum Gasteiger partial charge on any atom is 0.230 e. The Hall–Kier alpha value is -3.24. The lowest BCUT2D eigenvalue weighted by Crippen LogP contribution is -2.33. The minimum absolute atomic E-state index is 0.0594. The van der Waals surface area contributed by atoms with E-state index in [0.717, 1.165) is 29.7 Å². The number of nitrogens with one attached hydrogen (secondary N) is 1. The van der Waals surface area contributed by atoms with E-state index in [-0.39, 0.29) is 17.7 Å². The molecule has 35 heavy (non-hydrogen) atoms. The summed E-state index contributed by atoms with van der Waals surface area (Å²) in [6, 6.07) is 13.4. The Labute approximate surface area is 209 Å². The van der Waals surface area contributed by atoms with Crippen LogP contribution in [0, 0.1) is 0 Å². The normalized spacial score (nSPS) is 14.7. The van der Waals surface area contributed by atoms with E-state index >= 15 is 0 Å². The van der Waals surface area contributed by atoms with Crippen LogP contribution in [0.25, 0.3) is 11.4 Å². The SMILES string of the molecule is COCCCn1c(SCC(=O)NC2CCOc3ccccc32)nnc1-c1ccc(OC)c(OC)c1. The molecule has 2 aromatic carbocycles. The molecular formula is C25H30N4O5S. The molecule has 1 atom stereocenters. The number of ether oxygens (including phenoxy) is 4. The number of fused-ring (bicyclic) bond motifs is 1. The number of carbonyl (C=O) groups is 1. The smallest absolute Gasteiger partial charge is 0.230 e. The van der Waals surface area contributed by atoms with Crippen LogP contribution in [0.1, 0.15) is 24.4 Å². The molecule has 186 valence electrons. The number of hydrogen-bond acceptors (Lipinski definition) is 8. The zero-order valence-corrected chi connectivity index (χ0v) is 21.0. The third-order valence-electron chi connectivity index (χ3n) is 5.71. The molecule has 0 saturated carbocycles. The molecule has 1 aliphatic heterocycles. The first-order valence-electron chi connectivity index (χ1n) is 11.4. The first-order chi connectivity index (χ1) is 17.1. The maximum absolute atomic E-state index is 12.8. The van der Waals surface area contributed by atoms with Crippen molar-refractivity contribution in [2.24, 2.45) is 0 Å². The van der Waals surface area contributed by atoms with Gasteiger partial charge in [0.25, 0.3) is 0 Å². The number of rotatable bonds is 11. The van der Waals surface area contributed by atoms with Crippen molar-refractivity contribution in [3.8, 4) is 28.6 Å². The van der Waals surface area contributed by atoms with Crippen LogP contribution < -0.4 is 19.5 Å². The van der Waals surface area contributed by atoms with Crippen molar-refractivity contribution in [2.75, 3.05) is 40.3 Å². The first-order valence-corrected chi connectivity index (χ1v) is 12.4. The number of aromatic nitrogens is 3. The van der Waals surface area contributed by atoms with Crippen molar-refractivity contribution in [2.45, 2.75) is 30.6 Å². The Morgan fingerprint density at radius 2 is 1.97 bits per heavy atom. The van der Waals surface area contributed by atoms with E-state index in [1.165, 1.54) is 11.8 Å². The number of amides is 1. The van der Waals surface area contributed by atoms with Crippen LogP contribution >= 0.6 is 11.8 Å². The fraction of sp³-hybridized carbons (Fsp3) is 0.400. The predicted octanol–water partition coefficient (Wildman–Crippen LogP) is 3.73. The fourth-order valence-electron chi connectivity index (χ4n) is 4.01. The first kappa shape index (κ1) is 24.9. The van der Waals surface area contributed by atoms with Gasteiger partial charge in [-0.3, -0.25) is 4.79 Å². The van der Waals surface area contributed by atoms with Gasteiger partial charge in [0.2, 0.25) is 5.91 Å². The molecule has 0 saturated heterocycles. The fourth-order valence-corrected chi connectivity index (χ4v) is 4.79. The van der Waals surface area contributed by atoms with E-state index in [9.17, 15) is 4.79 Å². The van der Waals surface area contributed by atoms with Gasteiger partial charge < -0.3 is 28.8 Å². The molecule has 0 aliphatic carbocycles. The Morgan fingerprint density at radius 3 is 2.77 bits per heavy atom. The van der Waals surface area contributed by atoms with Crippen LogP contribution in [0.5, 0.6) is 17.2 Å². The van der Waals surface area contributed by atoms with Gasteiger partial charge >= 0.3 is 0 Å². The zero-order valence-electron chi connectivity index (χ0n) is 20.2. The van der Waals surface area contributed by atoms with Gasteiger partial charge in [-0.05, 0) is 30.7 Å². The molecule has 0 radical (unpaired) electrons. The highest BCUT2D eigenvalue weighted by Crippen LogP contribution is 2.34. The predicted molar refractivity (Wildman–Crippen MR) is 133 cm³/mol. The van der Waals surface area contributed by atoms with Crippen LogP contribution in [0.15, 0.2) is 47.6 Å². The van der Waals surface area contributed by atoms with Gasteiger partial charge in [0.05, 0.1) is 32.6 Å². The second kappa shape index (κ2) is 11.9. The van der Waals surface area contributed by atoms with Gasteiger partial charge in [-0.2, -0.15) is 0 Å². The summed E-state index contributed by atoms with van der Waals surface area (Å²) in [5, 5.41) is 12.6. The highest BCUT2D eigenvalue weighted by Gasteiger charge is 2.23. The summed E-state index contributed by atoms with van der Waals surface area (Å²) in [6.07, 6.45) is 1.53. The monoisotopic (exact) mass is 498 g/mol. The van der Waals surface area contributed by atoms with Crippen molar-refractivity contribution < 1.29 is 23.7 Å². The number of para-hydroxylation sites is 1. The minimum Gasteiger partial charge on any atom is -0.493 e. The van der Waals surface area contributed by atoms with Gasteiger partial charge in [-0.15, -0.1) is 10.2 Å². The van der Waals surface area contributed by atoms with E-state index in [1.807, 2.05) is 47.0 Å². The van der Waals surface area contributed by atoms with Crippen molar-refractivity contribution in [1.82, 2.24) is 20.1 Å². The maximum atomic E-state index is 12.8. The second-order valence-corrected chi connectivity index (χ2v) is 8.90. The third kappa shape index (κ3) is 5.88. The standard InChI is InChI=1S/C25H30N4O5S/c1-31-13-6-12-29-24(17-9-10-21(32-2)22(15-17)33-3)27-28-25(29)35-16-23(30)26-19-11-14-34-20-8-5-4-7-18(19)20/h4-5,7-10,15,19H,6,11-14,16H2,1-3H3,(H,26,30). The summed E-state index contributed by atoms with van der Waals surface area (Å²) in [6.45, 7) is 1.84. The summed E-state index contributed by atoms with van der Waals surface area (Å²) in [7, 11) is 4.88. The highest BCUT2D eigenvalue weighted by molar-refractivity contribution is 7.99. The van der Waals surface area contributed by atoms with Crippen LogP contribution in [-0.2, 0) is 16.1 Å². The summed E-state index contributed by atoms with van der Waals surface area (Å²) in [4.78, 5) is 12.8. The number of hydrogen-bond donors (Lipinski definition) is 1. The van der Waals surface area contributed by atoms with Gasteiger partial charge in [0.15, 0.2) is 22.5 Å². The molecule has 1 amide bonds. The lowest BCUT2D eigenvalue weighted by Gasteiger charge is -2.26. The molecule has 1 aliphatic rings. The number of methoxy groups -OCH3 is 3. The van der Waals surface area contributed by atoms with Crippen LogP contribution in [0.3, 0.4) is 0 Å². The van der Waals surface area contributed by atoms with E-state index in [1.54, 1.807) is 21.3 Å². The molecule has 1 aromatic heterocycles. The molecule has 0 fully saturated rings. The average Bonchev–Trinajstić information content (AvgIpc) is 3.30. The number of nitrogens with zero attached hydrogens (tertiary/aromatic N) is 3. The van der Waals surface area contributed by atoms with Gasteiger partial charge in [0.1, 0.15) is 5.75 Å². The average molecular weight is 499 g/mol. The van der Waals surface area contributed by atoms with Crippen molar-refractivity contribution in [1.29, 1.82) is 0 Å². The minimum atomic E-state index is -0.0602. The second-order valence-electron chi connectivity index (χ2n) is 7.96. The third-order valence-corrected chi connectivity index (χ3v) is 6.68. The summed E-state index contributed by atoms with van der Waals surface area (Å²) >= 11 is 1.37. The Morgan fingerprint density at radius 1 is 1.14 bits per heavy atom. The van der Waals surface area contributed by atoms with Crippen molar-refractivity contribution >= 4 is 17.7 Å². The van der Waals surface area contributed by atoms with E-state index in [0.29, 0.717) is 42.2 Å². The molecular weight excluding hydrogens is 468 g/mol. The van der Waals surface area contributed by atoms with Crippen molar-refractivity contribution in [3.63, 3.8) is 0 Å². The number of thioether (sulfide) groups is 1. The summed E-state index contributed by atoms with van der Waals surface area (Å²) in [5.41, 5.74) is 1.86. The topological polar surface area (TPSA) is 96.7 Å². The molecule has 0 bridgehead atoms. The van der Waals surface area contributed by atoms with Crippen LogP contribution in [0.2, 0.25) is 0 Å². The molecule has 9 nitrogen and oxygen atoms in total. The Bertz CT molecular complexity index is 1150. The van der Waals surface area contributed by atoms with Gasteiger partial charge in [-0.25, -0.2) is 0 Å². The van der Waals surface area contributed by atoms with E-state index in [4.69, 9.17) is 18.9 Å². The quantitative estimate of drug-likeness (QED) is 0.316. The lowest BCUT2D eigenvalue weighted by atomic mass is 10.0. The number of carbonyl (C=O) groups excluding carboxylic acids is 1. The van der Waals surface area contributed by atoms with Crippen molar-refractivity contribution in [3.05, 3.63) is 48.0 Å². The molecule has 1 N–H and O–H groups in total. The van der Waals surface area contributed by atoms with Crippen LogP contribution in [0.4, 0.5) is 0 Å². The van der Waals surface area contributed by atoms with E-state index < -0.39 is 0 Å². The molecule has 10 heteroatoms. The Balaban J connectivity index is 1.48.